The summed E-state index contributed by atoms with van der Waals surface area (Å²) in [5, 5.41) is 4.35. The zero-order valence-electron chi connectivity index (χ0n) is 11.9. The van der Waals surface area contributed by atoms with Crippen LogP contribution in [0.4, 0.5) is 5.82 Å². The first-order chi connectivity index (χ1) is 10.1. The van der Waals surface area contributed by atoms with Gasteiger partial charge in [0, 0.05) is 31.7 Å². The number of rotatable bonds is 2. The van der Waals surface area contributed by atoms with Crippen LogP contribution in [0.1, 0.15) is 34.9 Å². The maximum absolute atomic E-state index is 12.5. The molecule has 0 saturated carbocycles. The van der Waals surface area contributed by atoms with E-state index in [4.69, 9.17) is 5.73 Å². The molecule has 1 unspecified atom stereocenters. The average molecular weight is 286 g/mol. The Balaban J connectivity index is 1.77. The average Bonchev–Trinajstić information content (AvgIpc) is 2.94. The minimum Gasteiger partial charge on any atom is -0.382 e. The number of hydrogen-bond acceptors (Lipinski definition) is 5. The van der Waals surface area contributed by atoms with Gasteiger partial charge in [-0.2, -0.15) is 5.10 Å². The number of nitrogen functional groups attached to an aromatic ring is 1. The van der Waals surface area contributed by atoms with E-state index in [1.165, 1.54) is 12.4 Å². The van der Waals surface area contributed by atoms with Gasteiger partial charge in [-0.15, -0.1) is 0 Å². The first-order valence-electron chi connectivity index (χ1n) is 7.01. The van der Waals surface area contributed by atoms with Crippen molar-refractivity contribution >= 4 is 11.7 Å². The summed E-state index contributed by atoms with van der Waals surface area (Å²) in [4.78, 5) is 22.3. The Morgan fingerprint density at radius 1 is 1.38 bits per heavy atom. The van der Waals surface area contributed by atoms with Gasteiger partial charge >= 0.3 is 0 Å². The third kappa shape index (κ3) is 2.72. The Bertz CT molecular complexity index is 652. The van der Waals surface area contributed by atoms with Gasteiger partial charge in [-0.25, -0.2) is 9.97 Å². The quantitative estimate of drug-likeness (QED) is 0.891. The molecule has 1 aliphatic heterocycles. The Kier molecular flexibility index (Phi) is 3.55. The van der Waals surface area contributed by atoms with Gasteiger partial charge in [-0.05, 0) is 25.3 Å². The summed E-state index contributed by atoms with van der Waals surface area (Å²) in [6.07, 6.45) is 8.77. The van der Waals surface area contributed by atoms with Crippen LogP contribution in [0.15, 0.2) is 24.8 Å². The molecule has 7 nitrogen and oxygen atoms in total. The monoisotopic (exact) mass is 286 g/mol. The van der Waals surface area contributed by atoms with Crippen molar-refractivity contribution in [3.63, 3.8) is 0 Å². The van der Waals surface area contributed by atoms with Crippen LogP contribution in [-0.4, -0.2) is 43.6 Å². The standard InChI is InChI=1S/C14H18N6O/c1-10-7-18-20(8-10)11-3-2-6-19(9-11)14(21)12-13(15)17-5-4-16-12/h4-5,7-8,11H,2-3,6,9H2,1H3,(H2,15,17). The molecule has 1 aliphatic rings. The van der Waals surface area contributed by atoms with Crippen molar-refractivity contribution in [2.45, 2.75) is 25.8 Å². The molecule has 1 saturated heterocycles. The third-order valence-electron chi connectivity index (χ3n) is 3.72. The zero-order valence-corrected chi connectivity index (χ0v) is 11.9. The largest absolute Gasteiger partial charge is 0.382 e. The number of carbonyl (C=O) groups excluding carboxylic acids is 1. The normalized spacial score (nSPS) is 18.7. The fourth-order valence-corrected chi connectivity index (χ4v) is 2.65. The Morgan fingerprint density at radius 2 is 2.19 bits per heavy atom. The van der Waals surface area contributed by atoms with Crippen LogP contribution in [0.2, 0.25) is 0 Å². The summed E-state index contributed by atoms with van der Waals surface area (Å²) >= 11 is 0. The molecule has 7 heteroatoms. The lowest BCUT2D eigenvalue weighted by atomic mass is 10.1. The van der Waals surface area contributed by atoms with Crippen LogP contribution in [0.5, 0.6) is 0 Å². The van der Waals surface area contributed by atoms with Crippen molar-refractivity contribution < 1.29 is 4.79 Å². The van der Waals surface area contributed by atoms with Gasteiger partial charge in [0.05, 0.1) is 12.2 Å². The van der Waals surface area contributed by atoms with Crippen molar-refractivity contribution in [2.24, 2.45) is 0 Å². The molecule has 2 aromatic rings. The number of aromatic nitrogens is 4. The van der Waals surface area contributed by atoms with E-state index in [1.54, 1.807) is 4.90 Å². The Hall–Kier alpha value is -2.44. The Labute approximate surface area is 122 Å². The SMILES string of the molecule is Cc1cnn(C2CCCN(C(=O)c3nccnc3N)C2)c1. The van der Waals surface area contributed by atoms with Gasteiger partial charge < -0.3 is 10.6 Å². The summed E-state index contributed by atoms with van der Waals surface area (Å²) in [5.74, 6) is 0.0220. The van der Waals surface area contributed by atoms with Crippen LogP contribution in [-0.2, 0) is 0 Å². The topological polar surface area (TPSA) is 89.9 Å². The molecular weight excluding hydrogens is 268 g/mol. The molecule has 0 spiro atoms. The molecule has 2 N–H and O–H groups in total. The lowest BCUT2D eigenvalue weighted by molar-refractivity contribution is 0.0668. The van der Waals surface area contributed by atoms with Gasteiger partial charge in [0.1, 0.15) is 0 Å². The summed E-state index contributed by atoms with van der Waals surface area (Å²) < 4.78 is 1.94. The highest BCUT2D eigenvalue weighted by Crippen LogP contribution is 2.23. The molecule has 3 heterocycles. The molecule has 0 bridgehead atoms. The summed E-state index contributed by atoms with van der Waals surface area (Å²) in [7, 11) is 0. The zero-order chi connectivity index (χ0) is 14.8. The number of likely N-dealkylation sites (tertiary alicyclic amines) is 1. The van der Waals surface area contributed by atoms with Crippen molar-refractivity contribution in [3.05, 3.63) is 36.0 Å². The van der Waals surface area contributed by atoms with Crippen LogP contribution >= 0.6 is 0 Å². The Morgan fingerprint density at radius 3 is 2.90 bits per heavy atom. The van der Waals surface area contributed by atoms with Gasteiger partial charge in [0.15, 0.2) is 11.5 Å². The predicted octanol–water partition coefficient (Wildman–Crippen LogP) is 1.04. The third-order valence-corrected chi connectivity index (χ3v) is 3.72. The molecule has 2 aromatic heterocycles. The van der Waals surface area contributed by atoms with E-state index in [1.807, 2.05) is 24.0 Å². The summed E-state index contributed by atoms with van der Waals surface area (Å²) in [6, 6.07) is 0.203. The fourth-order valence-electron chi connectivity index (χ4n) is 2.65. The van der Waals surface area contributed by atoms with Crippen molar-refractivity contribution in [3.8, 4) is 0 Å². The van der Waals surface area contributed by atoms with Gasteiger partial charge in [0.2, 0.25) is 0 Å². The van der Waals surface area contributed by atoms with E-state index < -0.39 is 0 Å². The minimum atomic E-state index is -0.158. The van der Waals surface area contributed by atoms with Gasteiger partial charge in [-0.3, -0.25) is 9.48 Å². The van der Waals surface area contributed by atoms with Crippen LogP contribution < -0.4 is 5.73 Å². The molecule has 3 rings (SSSR count). The molecule has 1 fully saturated rings. The lowest BCUT2D eigenvalue weighted by Crippen LogP contribution is -2.41. The van der Waals surface area contributed by atoms with Crippen LogP contribution in [0, 0.1) is 6.92 Å². The van der Waals surface area contributed by atoms with E-state index in [2.05, 4.69) is 15.1 Å². The van der Waals surface area contributed by atoms with Gasteiger partial charge in [0.25, 0.3) is 5.91 Å². The maximum atomic E-state index is 12.5. The first-order valence-corrected chi connectivity index (χ1v) is 7.01. The maximum Gasteiger partial charge on any atom is 0.276 e. The number of aryl methyl sites for hydroxylation is 1. The van der Waals surface area contributed by atoms with Gasteiger partial charge in [-0.1, -0.05) is 0 Å². The minimum absolute atomic E-state index is 0.158. The molecule has 0 aliphatic carbocycles. The molecule has 21 heavy (non-hydrogen) atoms. The highest BCUT2D eigenvalue weighted by Gasteiger charge is 2.27. The lowest BCUT2D eigenvalue weighted by Gasteiger charge is -2.32. The van der Waals surface area contributed by atoms with E-state index >= 15 is 0 Å². The van der Waals surface area contributed by atoms with Crippen LogP contribution in [0.25, 0.3) is 0 Å². The number of anilines is 1. The fraction of sp³-hybridized carbons (Fsp3) is 0.429. The highest BCUT2D eigenvalue weighted by atomic mass is 16.2. The first kappa shape index (κ1) is 13.5. The van der Waals surface area contributed by atoms with Crippen molar-refractivity contribution in [1.29, 1.82) is 0 Å². The van der Waals surface area contributed by atoms with Crippen molar-refractivity contribution in [2.75, 3.05) is 18.8 Å². The van der Waals surface area contributed by atoms with E-state index in [9.17, 15) is 4.79 Å². The number of piperidine rings is 1. The number of nitrogens with zero attached hydrogens (tertiary/aromatic N) is 5. The highest BCUT2D eigenvalue weighted by molar-refractivity contribution is 5.96. The molecule has 110 valence electrons. The molecule has 1 atom stereocenters. The second-order valence-electron chi connectivity index (χ2n) is 5.34. The molecular formula is C14H18N6O. The molecule has 0 radical (unpaired) electrons. The summed E-state index contributed by atoms with van der Waals surface area (Å²) in [5.41, 5.74) is 7.09. The van der Waals surface area contributed by atoms with E-state index in [0.29, 0.717) is 13.1 Å². The smallest absolute Gasteiger partial charge is 0.276 e. The van der Waals surface area contributed by atoms with Crippen molar-refractivity contribution in [1.82, 2.24) is 24.6 Å². The predicted molar refractivity (Wildman–Crippen MR) is 77.6 cm³/mol. The van der Waals surface area contributed by atoms with E-state index in [0.717, 1.165) is 18.4 Å². The number of nitrogens with two attached hydrogens (primary N) is 1. The van der Waals surface area contributed by atoms with E-state index in [-0.39, 0.29) is 23.5 Å². The number of carbonyl (C=O) groups is 1. The molecule has 1 amide bonds. The second-order valence-corrected chi connectivity index (χ2v) is 5.34. The molecule has 0 aromatic carbocycles. The number of amides is 1. The van der Waals surface area contributed by atoms with Crippen LogP contribution in [0.3, 0.4) is 0 Å². The second kappa shape index (κ2) is 5.51. The number of hydrogen-bond donors (Lipinski definition) is 1. The summed E-state index contributed by atoms with van der Waals surface area (Å²) in [6.45, 7) is 3.34.